The van der Waals surface area contributed by atoms with Gasteiger partial charge in [0, 0.05) is 18.9 Å². The van der Waals surface area contributed by atoms with Crippen molar-refractivity contribution in [2.75, 3.05) is 17.2 Å². The zero-order chi connectivity index (χ0) is 13.7. The standard InChI is InChI=1S/C13H13ClN4O/c1-2-15-12-10(14)7-9(8-17-12)13(19)18-11-5-3-4-6-16-11/h3-8H,2H2,1H3,(H,15,17)(H,16,18,19). The number of nitrogens with one attached hydrogen (secondary N) is 2. The number of halogens is 1. The summed E-state index contributed by atoms with van der Waals surface area (Å²) in [7, 11) is 0. The highest BCUT2D eigenvalue weighted by Crippen LogP contribution is 2.20. The van der Waals surface area contributed by atoms with Gasteiger partial charge in [0.25, 0.3) is 5.91 Å². The minimum atomic E-state index is -0.295. The Morgan fingerprint density at radius 2 is 2.21 bits per heavy atom. The summed E-state index contributed by atoms with van der Waals surface area (Å²) in [6.45, 7) is 2.66. The molecule has 5 nitrogen and oxygen atoms in total. The van der Waals surface area contributed by atoms with Crippen LogP contribution in [0, 0.1) is 0 Å². The summed E-state index contributed by atoms with van der Waals surface area (Å²) in [6, 6.07) is 6.85. The molecule has 2 N–H and O–H groups in total. The molecule has 0 unspecified atom stereocenters. The lowest BCUT2D eigenvalue weighted by molar-refractivity contribution is 0.102. The van der Waals surface area contributed by atoms with Crippen molar-refractivity contribution < 1.29 is 4.79 Å². The molecule has 0 aromatic carbocycles. The van der Waals surface area contributed by atoms with Gasteiger partial charge in [-0.25, -0.2) is 9.97 Å². The van der Waals surface area contributed by atoms with Crippen LogP contribution >= 0.6 is 11.6 Å². The van der Waals surface area contributed by atoms with Crippen LogP contribution in [0.4, 0.5) is 11.6 Å². The van der Waals surface area contributed by atoms with Crippen LogP contribution in [-0.2, 0) is 0 Å². The first kappa shape index (κ1) is 13.3. The largest absolute Gasteiger partial charge is 0.369 e. The third-order valence-electron chi connectivity index (χ3n) is 2.35. The summed E-state index contributed by atoms with van der Waals surface area (Å²) >= 11 is 6.03. The molecule has 19 heavy (non-hydrogen) atoms. The molecule has 1 amide bonds. The minimum absolute atomic E-state index is 0.295. The first-order chi connectivity index (χ1) is 9.20. The number of nitrogens with zero attached hydrogens (tertiary/aromatic N) is 2. The van der Waals surface area contributed by atoms with E-state index in [2.05, 4.69) is 20.6 Å². The van der Waals surface area contributed by atoms with Crippen molar-refractivity contribution in [2.45, 2.75) is 6.92 Å². The van der Waals surface area contributed by atoms with Crippen LogP contribution in [0.1, 0.15) is 17.3 Å². The topological polar surface area (TPSA) is 66.9 Å². The van der Waals surface area contributed by atoms with Gasteiger partial charge in [0.15, 0.2) is 0 Å². The Morgan fingerprint density at radius 3 is 2.84 bits per heavy atom. The highest BCUT2D eigenvalue weighted by Gasteiger charge is 2.10. The summed E-state index contributed by atoms with van der Waals surface area (Å²) in [5.74, 6) is 0.758. The van der Waals surface area contributed by atoms with Gasteiger partial charge in [-0.05, 0) is 25.1 Å². The van der Waals surface area contributed by atoms with E-state index in [1.165, 1.54) is 6.20 Å². The number of amides is 1. The molecule has 0 radical (unpaired) electrons. The number of hydrogen-bond acceptors (Lipinski definition) is 4. The van der Waals surface area contributed by atoms with E-state index in [-0.39, 0.29) is 5.91 Å². The number of aromatic nitrogens is 2. The van der Waals surface area contributed by atoms with Gasteiger partial charge in [-0.15, -0.1) is 0 Å². The van der Waals surface area contributed by atoms with Crippen molar-refractivity contribution >= 4 is 29.1 Å². The van der Waals surface area contributed by atoms with Crippen molar-refractivity contribution in [1.29, 1.82) is 0 Å². The van der Waals surface area contributed by atoms with Gasteiger partial charge in [0.1, 0.15) is 11.6 Å². The maximum atomic E-state index is 12.0. The molecule has 0 saturated carbocycles. The highest BCUT2D eigenvalue weighted by atomic mass is 35.5. The van der Waals surface area contributed by atoms with Crippen molar-refractivity contribution in [3.8, 4) is 0 Å². The summed E-state index contributed by atoms with van der Waals surface area (Å²) in [5.41, 5.74) is 0.386. The van der Waals surface area contributed by atoms with Crippen LogP contribution in [0.15, 0.2) is 36.7 Å². The molecule has 0 fully saturated rings. The van der Waals surface area contributed by atoms with Gasteiger partial charge in [0.05, 0.1) is 10.6 Å². The SMILES string of the molecule is CCNc1ncc(C(=O)Nc2ccccn2)cc1Cl. The van der Waals surface area contributed by atoms with Gasteiger partial charge in [-0.1, -0.05) is 17.7 Å². The van der Waals surface area contributed by atoms with E-state index in [4.69, 9.17) is 11.6 Å². The molecule has 0 bridgehead atoms. The molecule has 6 heteroatoms. The lowest BCUT2D eigenvalue weighted by atomic mass is 10.2. The third-order valence-corrected chi connectivity index (χ3v) is 2.64. The number of rotatable bonds is 4. The number of carbonyl (C=O) groups is 1. The molecule has 98 valence electrons. The van der Waals surface area contributed by atoms with E-state index in [9.17, 15) is 4.79 Å². The smallest absolute Gasteiger partial charge is 0.258 e. The first-order valence-electron chi connectivity index (χ1n) is 5.82. The summed E-state index contributed by atoms with van der Waals surface area (Å²) in [6.07, 6.45) is 3.08. The number of pyridine rings is 2. The molecule has 0 aliphatic carbocycles. The third kappa shape index (κ3) is 3.42. The molecular formula is C13H13ClN4O. The van der Waals surface area contributed by atoms with E-state index in [1.54, 1.807) is 30.5 Å². The van der Waals surface area contributed by atoms with Gasteiger partial charge in [0.2, 0.25) is 0 Å². The van der Waals surface area contributed by atoms with Crippen LogP contribution in [0.25, 0.3) is 0 Å². The van der Waals surface area contributed by atoms with Crippen LogP contribution in [0.5, 0.6) is 0 Å². The van der Waals surface area contributed by atoms with Crippen molar-refractivity contribution in [1.82, 2.24) is 9.97 Å². The van der Waals surface area contributed by atoms with Crippen molar-refractivity contribution in [3.05, 3.63) is 47.2 Å². The molecule has 2 heterocycles. The predicted molar refractivity (Wildman–Crippen MR) is 75.6 cm³/mol. The molecule has 0 aliphatic heterocycles. The lowest BCUT2D eigenvalue weighted by Crippen LogP contribution is -2.13. The number of anilines is 2. The zero-order valence-electron chi connectivity index (χ0n) is 10.4. The molecule has 2 aromatic heterocycles. The fraction of sp³-hybridized carbons (Fsp3) is 0.154. The Balaban J connectivity index is 2.14. The molecular weight excluding hydrogens is 264 g/mol. The van der Waals surface area contributed by atoms with E-state index < -0.39 is 0 Å². The summed E-state index contributed by atoms with van der Waals surface area (Å²) in [5, 5.41) is 6.08. The Labute approximate surface area is 116 Å². The van der Waals surface area contributed by atoms with Gasteiger partial charge in [-0.3, -0.25) is 4.79 Å². The molecule has 0 atom stereocenters. The molecule has 0 spiro atoms. The highest BCUT2D eigenvalue weighted by molar-refractivity contribution is 6.33. The maximum Gasteiger partial charge on any atom is 0.258 e. The minimum Gasteiger partial charge on any atom is -0.369 e. The van der Waals surface area contributed by atoms with Crippen molar-refractivity contribution in [3.63, 3.8) is 0 Å². The van der Waals surface area contributed by atoms with E-state index in [0.29, 0.717) is 28.8 Å². The second-order valence-corrected chi connectivity index (χ2v) is 4.16. The quantitative estimate of drug-likeness (QED) is 0.901. The van der Waals surface area contributed by atoms with Gasteiger partial charge in [-0.2, -0.15) is 0 Å². The molecule has 0 aliphatic rings. The van der Waals surface area contributed by atoms with Gasteiger partial charge >= 0.3 is 0 Å². The van der Waals surface area contributed by atoms with Crippen molar-refractivity contribution in [2.24, 2.45) is 0 Å². The van der Waals surface area contributed by atoms with Crippen LogP contribution in [0.2, 0.25) is 5.02 Å². The summed E-state index contributed by atoms with van der Waals surface area (Å²) < 4.78 is 0. The van der Waals surface area contributed by atoms with Crippen LogP contribution in [-0.4, -0.2) is 22.4 Å². The van der Waals surface area contributed by atoms with E-state index in [1.807, 2.05) is 6.92 Å². The average Bonchev–Trinajstić information content (AvgIpc) is 2.42. The average molecular weight is 277 g/mol. The molecule has 2 rings (SSSR count). The monoisotopic (exact) mass is 276 g/mol. The zero-order valence-corrected chi connectivity index (χ0v) is 11.1. The Morgan fingerprint density at radius 1 is 1.37 bits per heavy atom. The fourth-order valence-corrected chi connectivity index (χ4v) is 1.72. The van der Waals surface area contributed by atoms with Gasteiger partial charge < -0.3 is 10.6 Å². The Kier molecular flexibility index (Phi) is 4.30. The second-order valence-electron chi connectivity index (χ2n) is 3.75. The van der Waals surface area contributed by atoms with Crippen LogP contribution in [0.3, 0.4) is 0 Å². The predicted octanol–water partition coefficient (Wildman–Crippen LogP) is 2.81. The van der Waals surface area contributed by atoms with Crippen LogP contribution < -0.4 is 10.6 Å². The fourth-order valence-electron chi connectivity index (χ4n) is 1.48. The first-order valence-corrected chi connectivity index (χ1v) is 6.20. The normalized spacial score (nSPS) is 10.0. The second kappa shape index (κ2) is 6.15. The molecule has 0 saturated heterocycles. The Hall–Kier alpha value is -2.14. The lowest BCUT2D eigenvalue weighted by Gasteiger charge is -2.07. The Bertz CT molecular complexity index is 574. The molecule has 2 aromatic rings. The number of hydrogen-bond donors (Lipinski definition) is 2. The van der Waals surface area contributed by atoms with E-state index >= 15 is 0 Å². The number of carbonyl (C=O) groups excluding carboxylic acids is 1. The maximum absolute atomic E-state index is 12.0. The van der Waals surface area contributed by atoms with E-state index in [0.717, 1.165) is 0 Å². The summed E-state index contributed by atoms with van der Waals surface area (Å²) in [4.78, 5) is 20.1.